The lowest BCUT2D eigenvalue weighted by Crippen LogP contribution is -2.38. The van der Waals surface area contributed by atoms with Crippen molar-refractivity contribution >= 4 is 22.7 Å². The van der Waals surface area contributed by atoms with Gasteiger partial charge < -0.3 is 21.9 Å². The number of thioether (sulfide) groups is 1. The zero-order chi connectivity index (χ0) is 19.1. The first-order valence-electron chi connectivity index (χ1n) is 9.13. The van der Waals surface area contributed by atoms with Crippen LogP contribution in [-0.4, -0.2) is 34.7 Å². The summed E-state index contributed by atoms with van der Waals surface area (Å²) in [5.41, 5.74) is 18.2. The lowest BCUT2D eigenvalue weighted by atomic mass is 9.92. The molecule has 0 aliphatic carbocycles. The lowest BCUT2D eigenvalue weighted by Gasteiger charge is -2.24. The molecule has 0 saturated heterocycles. The molecule has 26 heavy (non-hydrogen) atoms. The molecule has 0 fully saturated rings. The van der Waals surface area contributed by atoms with E-state index in [4.69, 9.17) is 26.9 Å². The number of carbonyl (C=O) groups is 1. The molecule has 0 radical (unpaired) electrons. The molecule has 6 N–H and O–H groups in total. The Morgan fingerprint density at radius 2 is 1.96 bits per heavy atom. The SMILES string of the molecule is CCCC1N=C(CC(N)OC(N)CC(N)=O)SC1C(C)c1ccccc1. The van der Waals surface area contributed by atoms with E-state index in [1.165, 1.54) is 5.56 Å². The Balaban J connectivity index is 1.97. The van der Waals surface area contributed by atoms with Crippen LogP contribution >= 0.6 is 11.8 Å². The van der Waals surface area contributed by atoms with Gasteiger partial charge in [-0.2, -0.15) is 0 Å². The molecule has 7 heteroatoms. The Hall–Kier alpha value is -1.41. The van der Waals surface area contributed by atoms with Crippen LogP contribution in [0.2, 0.25) is 0 Å². The lowest BCUT2D eigenvalue weighted by molar-refractivity contribution is -0.121. The molecule has 1 amide bonds. The molecular formula is C19H30N4O2S. The number of amides is 1. The quantitative estimate of drug-likeness (QED) is 0.540. The van der Waals surface area contributed by atoms with E-state index in [0.29, 0.717) is 17.6 Å². The van der Waals surface area contributed by atoms with Gasteiger partial charge >= 0.3 is 0 Å². The highest BCUT2D eigenvalue weighted by molar-refractivity contribution is 8.14. The van der Waals surface area contributed by atoms with Crippen molar-refractivity contribution in [1.29, 1.82) is 0 Å². The third-order valence-electron chi connectivity index (χ3n) is 4.49. The summed E-state index contributed by atoms with van der Waals surface area (Å²) in [6, 6.07) is 10.8. The Morgan fingerprint density at radius 1 is 1.27 bits per heavy atom. The molecule has 1 aromatic rings. The second-order valence-electron chi connectivity index (χ2n) is 6.75. The molecule has 144 valence electrons. The molecule has 1 aliphatic rings. The summed E-state index contributed by atoms with van der Waals surface area (Å²) in [6.07, 6.45) is 1.22. The van der Waals surface area contributed by atoms with Crippen LogP contribution in [0.1, 0.15) is 51.0 Å². The van der Waals surface area contributed by atoms with E-state index in [9.17, 15) is 4.79 Å². The molecule has 0 saturated carbocycles. The standard InChI is InChI=1S/C19H30N4O2S/c1-3-7-14-19(12(2)13-8-5-4-6-9-13)26-18(23-14)11-17(22)25-16(21)10-15(20)24/h4-6,8-9,12,14,16-17,19H,3,7,10-11,21-22H2,1-2H3,(H2,20,24). The average Bonchev–Trinajstić information content (AvgIpc) is 2.96. The first-order chi connectivity index (χ1) is 12.4. The van der Waals surface area contributed by atoms with Gasteiger partial charge in [0, 0.05) is 11.7 Å². The zero-order valence-corrected chi connectivity index (χ0v) is 16.3. The maximum Gasteiger partial charge on any atom is 0.221 e. The second-order valence-corrected chi connectivity index (χ2v) is 8.00. The van der Waals surface area contributed by atoms with E-state index in [2.05, 4.69) is 38.1 Å². The number of aliphatic imine (C=N–C) groups is 1. The Bertz CT molecular complexity index is 611. The Kier molecular flexibility index (Phi) is 8.09. The molecule has 1 aromatic carbocycles. The topological polar surface area (TPSA) is 117 Å². The monoisotopic (exact) mass is 378 g/mol. The summed E-state index contributed by atoms with van der Waals surface area (Å²) in [4.78, 5) is 15.8. The first-order valence-corrected chi connectivity index (χ1v) is 10.0. The van der Waals surface area contributed by atoms with Crippen LogP contribution in [0.3, 0.4) is 0 Å². The van der Waals surface area contributed by atoms with Gasteiger partial charge in [0.2, 0.25) is 5.91 Å². The number of benzene rings is 1. The van der Waals surface area contributed by atoms with E-state index in [-0.39, 0.29) is 12.5 Å². The van der Waals surface area contributed by atoms with Gasteiger partial charge in [-0.15, -0.1) is 11.8 Å². The predicted molar refractivity (Wildman–Crippen MR) is 108 cm³/mol. The van der Waals surface area contributed by atoms with Crippen LogP contribution < -0.4 is 17.2 Å². The molecule has 6 nitrogen and oxygen atoms in total. The molecule has 1 aliphatic heterocycles. The van der Waals surface area contributed by atoms with Gasteiger partial charge in [0.1, 0.15) is 12.5 Å². The van der Waals surface area contributed by atoms with Crippen LogP contribution in [0.15, 0.2) is 35.3 Å². The zero-order valence-electron chi connectivity index (χ0n) is 15.5. The molecule has 0 spiro atoms. The van der Waals surface area contributed by atoms with Gasteiger partial charge in [-0.05, 0) is 17.9 Å². The summed E-state index contributed by atoms with van der Waals surface area (Å²) in [5, 5.41) is 1.38. The number of hydrogen-bond acceptors (Lipinski definition) is 6. The summed E-state index contributed by atoms with van der Waals surface area (Å²) in [7, 11) is 0. The van der Waals surface area contributed by atoms with Gasteiger partial charge in [0.15, 0.2) is 0 Å². The van der Waals surface area contributed by atoms with Gasteiger partial charge in [-0.25, -0.2) is 0 Å². The van der Waals surface area contributed by atoms with E-state index in [0.717, 1.165) is 17.9 Å². The Labute approximate surface area is 159 Å². The van der Waals surface area contributed by atoms with Crippen LogP contribution in [0, 0.1) is 0 Å². The van der Waals surface area contributed by atoms with Gasteiger partial charge in [0.25, 0.3) is 0 Å². The normalized spacial score (nSPS) is 23.3. The van der Waals surface area contributed by atoms with Gasteiger partial charge in [0.05, 0.1) is 17.5 Å². The minimum absolute atomic E-state index is 0.0422. The number of nitrogens with two attached hydrogens (primary N) is 3. The van der Waals surface area contributed by atoms with Crippen molar-refractivity contribution in [3.05, 3.63) is 35.9 Å². The molecular weight excluding hydrogens is 348 g/mol. The molecule has 5 unspecified atom stereocenters. The third-order valence-corrected chi connectivity index (χ3v) is 6.03. The van der Waals surface area contributed by atoms with Crippen molar-refractivity contribution in [2.45, 2.75) is 69.2 Å². The number of carbonyl (C=O) groups excluding carboxylic acids is 1. The van der Waals surface area contributed by atoms with E-state index >= 15 is 0 Å². The van der Waals surface area contributed by atoms with E-state index in [1.54, 1.807) is 11.8 Å². The van der Waals surface area contributed by atoms with E-state index < -0.39 is 18.4 Å². The molecule has 5 atom stereocenters. The maximum atomic E-state index is 10.9. The Morgan fingerprint density at radius 3 is 2.58 bits per heavy atom. The van der Waals surface area contributed by atoms with Crippen molar-refractivity contribution in [3.63, 3.8) is 0 Å². The summed E-state index contributed by atoms with van der Waals surface area (Å²) in [5.74, 6) is -0.106. The minimum atomic E-state index is -0.778. The number of ether oxygens (including phenoxy) is 1. The highest BCUT2D eigenvalue weighted by Crippen LogP contribution is 2.40. The second kappa shape index (κ2) is 10.1. The van der Waals surface area contributed by atoms with Gasteiger partial charge in [-0.1, -0.05) is 50.6 Å². The van der Waals surface area contributed by atoms with Crippen LogP contribution in [0.25, 0.3) is 0 Å². The molecule has 2 rings (SSSR count). The highest BCUT2D eigenvalue weighted by atomic mass is 32.2. The van der Waals surface area contributed by atoms with Crippen LogP contribution in [-0.2, 0) is 9.53 Å². The van der Waals surface area contributed by atoms with E-state index in [1.807, 2.05) is 6.07 Å². The predicted octanol–water partition coefficient (Wildman–Crippen LogP) is 2.32. The van der Waals surface area contributed by atoms with Crippen molar-refractivity contribution in [2.24, 2.45) is 22.2 Å². The highest BCUT2D eigenvalue weighted by Gasteiger charge is 2.34. The fourth-order valence-corrected chi connectivity index (χ4v) is 4.71. The number of nitrogens with zero attached hydrogens (tertiary/aromatic N) is 1. The van der Waals surface area contributed by atoms with Crippen molar-refractivity contribution in [1.82, 2.24) is 0 Å². The first kappa shape index (κ1) is 20.9. The summed E-state index contributed by atoms with van der Waals surface area (Å²) in [6.45, 7) is 4.44. The molecule has 0 bridgehead atoms. The third kappa shape index (κ3) is 6.09. The summed E-state index contributed by atoms with van der Waals surface area (Å²) < 4.78 is 5.46. The number of rotatable bonds is 10. The van der Waals surface area contributed by atoms with Crippen molar-refractivity contribution in [2.75, 3.05) is 0 Å². The molecule has 0 aromatic heterocycles. The smallest absolute Gasteiger partial charge is 0.221 e. The van der Waals surface area contributed by atoms with Crippen LogP contribution in [0.4, 0.5) is 0 Å². The average molecular weight is 379 g/mol. The minimum Gasteiger partial charge on any atom is -0.370 e. The maximum absolute atomic E-state index is 10.9. The van der Waals surface area contributed by atoms with Gasteiger partial charge in [-0.3, -0.25) is 9.79 Å². The number of primary amides is 1. The summed E-state index contributed by atoms with van der Waals surface area (Å²) >= 11 is 1.79. The fraction of sp³-hybridized carbons (Fsp3) is 0.579. The molecule has 1 heterocycles. The fourth-order valence-electron chi connectivity index (χ4n) is 3.22. The van der Waals surface area contributed by atoms with Crippen LogP contribution in [0.5, 0.6) is 0 Å². The van der Waals surface area contributed by atoms with Crippen molar-refractivity contribution in [3.8, 4) is 0 Å². The van der Waals surface area contributed by atoms with Crippen molar-refractivity contribution < 1.29 is 9.53 Å². The largest absolute Gasteiger partial charge is 0.370 e. The number of hydrogen-bond donors (Lipinski definition) is 3.